The van der Waals surface area contributed by atoms with E-state index in [2.05, 4.69) is 32.8 Å². The summed E-state index contributed by atoms with van der Waals surface area (Å²) in [5.74, 6) is 0.762. The summed E-state index contributed by atoms with van der Waals surface area (Å²) in [6.07, 6.45) is 8.33. The third-order valence-corrected chi connectivity index (χ3v) is 4.44. The number of fused-ring (bicyclic) bond motifs is 1. The standard InChI is InChI=1S/C19H19N5/c1-14-16(5-3-8-21-14)12-24-9-6-18-17(13-24)11-22-19(23-18)15-4-2-7-20-10-15/h2-5,7-8,10-11H,6,9,12-13H2,1H3. The molecule has 0 saturated heterocycles. The van der Waals surface area contributed by atoms with Gasteiger partial charge in [0.1, 0.15) is 0 Å². The van der Waals surface area contributed by atoms with Crippen LogP contribution in [0.4, 0.5) is 0 Å². The van der Waals surface area contributed by atoms with E-state index in [9.17, 15) is 0 Å². The largest absolute Gasteiger partial charge is 0.294 e. The van der Waals surface area contributed by atoms with Crippen LogP contribution in [0.2, 0.25) is 0 Å². The van der Waals surface area contributed by atoms with E-state index >= 15 is 0 Å². The summed E-state index contributed by atoms with van der Waals surface area (Å²) in [5.41, 5.74) is 5.73. The Morgan fingerprint density at radius 2 is 2.00 bits per heavy atom. The molecule has 4 rings (SSSR count). The van der Waals surface area contributed by atoms with Crippen molar-refractivity contribution in [2.75, 3.05) is 6.54 Å². The topological polar surface area (TPSA) is 54.8 Å². The van der Waals surface area contributed by atoms with Gasteiger partial charge >= 0.3 is 0 Å². The summed E-state index contributed by atoms with van der Waals surface area (Å²) >= 11 is 0. The lowest BCUT2D eigenvalue weighted by atomic mass is 10.1. The fourth-order valence-corrected chi connectivity index (χ4v) is 3.07. The first-order chi connectivity index (χ1) is 11.8. The Hall–Kier alpha value is -2.66. The van der Waals surface area contributed by atoms with Gasteiger partial charge in [-0.05, 0) is 30.7 Å². The minimum absolute atomic E-state index is 0.762. The van der Waals surface area contributed by atoms with Gasteiger partial charge in [0.25, 0.3) is 0 Å². The summed E-state index contributed by atoms with van der Waals surface area (Å²) in [7, 11) is 0. The molecular weight excluding hydrogens is 298 g/mol. The van der Waals surface area contributed by atoms with Crippen LogP contribution in [-0.2, 0) is 19.5 Å². The van der Waals surface area contributed by atoms with Crippen LogP contribution in [0.25, 0.3) is 11.4 Å². The van der Waals surface area contributed by atoms with Crippen molar-refractivity contribution in [2.24, 2.45) is 0 Å². The predicted octanol–water partition coefficient (Wildman–Crippen LogP) is 2.80. The average Bonchev–Trinajstić information content (AvgIpc) is 2.64. The smallest absolute Gasteiger partial charge is 0.160 e. The minimum Gasteiger partial charge on any atom is -0.294 e. The van der Waals surface area contributed by atoms with Crippen molar-refractivity contribution in [1.82, 2.24) is 24.8 Å². The Morgan fingerprint density at radius 1 is 1.08 bits per heavy atom. The molecule has 1 aliphatic rings. The van der Waals surface area contributed by atoms with E-state index in [1.807, 2.05) is 36.8 Å². The highest BCUT2D eigenvalue weighted by Gasteiger charge is 2.19. The predicted molar refractivity (Wildman–Crippen MR) is 92.1 cm³/mol. The van der Waals surface area contributed by atoms with Gasteiger partial charge in [-0.15, -0.1) is 0 Å². The van der Waals surface area contributed by atoms with E-state index in [1.165, 1.54) is 11.1 Å². The molecule has 1 aliphatic heterocycles. The number of rotatable bonds is 3. The van der Waals surface area contributed by atoms with Crippen molar-refractivity contribution in [2.45, 2.75) is 26.4 Å². The zero-order valence-corrected chi connectivity index (χ0v) is 13.7. The van der Waals surface area contributed by atoms with Crippen LogP contribution in [0.3, 0.4) is 0 Å². The van der Waals surface area contributed by atoms with E-state index in [0.717, 1.165) is 48.8 Å². The molecule has 0 N–H and O–H groups in total. The van der Waals surface area contributed by atoms with Gasteiger partial charge < -0.3 is 0 Å². The normalized spacial score (nSPS) is 14.4. The molecule has 0 unspecified atom stereocenters. The highest BCUT2D eigenvalue weighted by Crippen LogP contribution is 2.22. The summed E-state index contributed by atoms with van der Waals surface area (Å²) < 4.78 is 0. The van der Waals surface area contributed by atoms with E-state index < -0.39 is 0 Å². The summed E-state index contributed by atoms with van der Waals surface area (Å²) in [6, 6.07) is 8.06. The molecule has 5 nitrogen and oxygen atoms in total. The molecule has 0 fully saturated rings. The number of hydrogen-bond donors (Lipinski definition) is 0. The van der Waals surface area contributed by atoms with E-state index in [4.69, 9.17) is 4.98 Å². The molecule has 0 saturated carbocycles. The Kier molecular flexibility index (Phi) is 4.01. The molecule has 5 heteroatoms. The average molecular weight is 317 g/mol. The molecule has 120 valence electrons. The second kappa shape index (κ2) is 6.45. The van der Waals surface area contributed by atoms with E-state index in [1.54, 1.807) is 6.20 Å². The Morgan fingerprint density at radius 3 is 2.83 bits per heavy atom. The monoisotopic (exact) mass is 317 g/mol. The van der Waals surface area contributed by atoms with Crippen molar-refractivity contribution in [3.8, 4) is 11.4 Å². The molecule has 3 aromatic heterocycles. The van der Waals surface area contributed by atoms with Gasteiger partial charge in [0.2, 0.25) is 0 Å². The molecule has 0 aromatic carbocycles. The highest BCUT2D eigenvalue weighted by atomic mass is 15.1. The molecule has 0 radical (unpaired) electrons. The van der Waals surface area contributed by atoms with Crippen molar-refractivity contribution in [3.05, 3.63) is 71.6 Å². The molecule has 0 atom stereocenters. The number of hydrogen-bond acceptors (Lipinski definition) is 5. The van der Waals surface area contributed by atoms with Gasteiger partial charge in [-0.25, -0.2) is 9.97 Å². The van der Waals surface area contributed by atoms with Crippen molar-refractivity contribution in [3.63, 3.8) is 0 Å². The van der Waals surface area contributed by atoms with Gasteiger partial charge in [-0.2, -0.15) is 0 Å². The third kappa shape index (κ3) is 3.03. The zero-order chi connectivity index (χ0) is 16.4. The lowest BCUT2D eigenvalue weighted by Crippen LogP contribution is -2.31. The van der Waals surface area contributed by atoms with Crippen LogP contribution in [0.1, 0.15) is 22.5 Å². The molecule has 3 aromatic rings. The first-order valence-electron chi connectivity index (χ1n) is 8.17. The fourth-order valence-electron chi connectivity index (χ4n) is 3.07. The minimum atomic E-state index is 0.762. The summed E-state index contributed by atoms with van der Waals surface area (Å²) in [4.78, 5) is 20.2. The van der Waals surface area contributed by atoms with E-state index in [-0.39, 0.29) is 0 Å². The quantitative estimate of drug-likeness (QED) is 0.743. The van der Waals surface area contributed by atoms with Gasteiger partial charge in [-0.1, -0.05) is 6.07 Å². The van der Waals surface area contributed by atoms with Crippen LogP contribution in [-0.4, -0.2) is 31.4 Å². The maximum atomic E-state index is 4.75. The first kappa shape index (κ1) is 14.9. The molecule has 0 aliphatic carbocycles. The number of nitrogens with zero attached hydrogens (tertiary/aromatic N) is 5. The second-order valence-electron chi connectivity index (χ2n) is 6.12. The van der Waals surface area contributed by atoms with Crippen LogP contribution < -0.4 is 0 Å². The Bertz CT molecular complexity index is 847. The van der Waals surface area contributed by atoms with Crippen LogP contribution in [0, 0.1) is 6.92 Å². The number of aromatic nitrogens is 4. The summed E-state index contributed by atoms with van der Waals surface area (Å²) in [6.45, 7) is 4.88. The molecule has 0 spiro atoms. The molecular formula is C19H19N5. The SMILES string of the molecule is Cc1ncccc1CN1CCc2nc(-c3cccnc3)ncc2C1. The molecule has 0 amide bonds. The zero-order valence-electron chi connectivity index (χ0n) is 13.7. The van der Waals surface area contributed by atoms with E-state index in [0.29, 0.717) is 0 Å². The van der Waals surface area contributed by atoms with Gasteiger partial charge in [0.05, 0.1) is 5.69 Å². The third-order valence-electron chi connectivity index (χ3n) is 4.44. The van der Waals surface area contributed by atoms with Crippen LogP contribution >= 0.6 is 0 Å². The lowest BCUT2D eigenvalue weighted by Gasteiger charge is -2.28. The van der Waals surface area contributed by atoms with Gasteiger partial charge in [-0.3, -0.25) is 14.9 Å². The van der Waals surface area contributed by atoms with Gasteiger partial charge in [0.15, 0.2) is 5.82 Å². The fraction of sp³-hybridized carbons (Fsp3) is 0.263. The van der Waals surface area contributed by atoms with Crippen molar-refractivity contribution in [1.29, 1.82) is 0 Å². The highest BCUT2D eigenvalue weighted by molar-refractivity contribution is 5.53. The Balaban J connectivity index is 1.53. The lowest BCUT2D eigenvalue weighted by molar-refractivity contribution is 0.242. The maximum absolute atomic E-state index is 4.75. The van der Waals surface area contributed by atoms with Crippen LogP contribution in [0.5, 0.6) is 0 Å². The van der Waals surface area contributed by atoms with Crippen molar-refractivity contribution < 1.29 is 0 Å². The number of aryl methyl sites for hydroxylation is 1. The first-order valence-corrected chi connectivity index (χ1v) is 8.17. The molecule has 24 heavy (non-hydrogen) atoms. The molecule has 0 bridgehead atoms. The van der Waals surface area contributed by atoms with Gasteiger partial charge in [0, 0.05) is 67.7 Å². The summed E-state index contributed by atoms with van der Waals surface area (Å²) in [5, 5.41) is 0. The second-order valence-corrected chi connectivity index (χ2v) is 6.12. The number of pyridine rings is 2. The molecule has 4 heterocycles. The van der Waals surface area contributed by atoms with Crippen LogP contribution in [0.15, 0.2) is 49.1 Å². The van der Waals surface area contributed by atoms with Crippen molar-refractivity contribution >= 4 is 0 Å². The Labute approximate surface area is 141 Å². The maximum Gasteiger partial charge on any atom is 0.160 e.